The fourth-order valence-electron chi connectivity index (χ4n) is 3.57. The predicted octanol–water partition coefficient (Wildman–Crippen LogP) is 3.32. The Balaban J connectivity index is 0.00000161. The zero-order valence-corrected chi connectivity index (χ0v) is 15.4. The minimum absolute atomic E-state index is 0. The number of hydrogen-bond acceptors (Lipinski definition) is 3. The van der Waals surface area contributed by atoms with Gasteiger partial charge in [0, 0.05) is 25.6 Å². The molecule has 0 saturated heterocycles. The Morgan fingerprint density at radius 1 is 1.29 bits per heavy atom. The molecule has 1 heterocycles. The van der Waals surface area contributed by atoms with Crippen molar-refractivity contribution in [3.63, 3.8) is 0 Å². The largest absolute Gasteiger partial charge is 0.355 e. The highest BCUT2D eigenvalue weighted by Gasteiger charge is 2.36. The molecule has 2 aliphatic rings. The van der Waals surface area contributed by atoms with Crippen molar-refractivity contribution >= 4 is 29.9 Å². The molecule has 1 aliphatic carbocycles. The number of likely N-dealkylation sites (N-methyl/N-ethyl adjacent to an activating group) is 1. The summed E-state index contributed by atoms with van der Waals surface area (Å²) in [7, 11) is 2.12. The zero-order valence-electron chi connectivity index (χ0n) is 13.1. The SMILES string of the molecule is Cc1cccc(C2(CNC3=NCCN3C)CCCC2)c1.I. The minimum Gasteiger partial charge on any atom is -0.355 e. The molecule has 4 heteroatoms. The van der Waals surface area contributed by atoms with Crippen LogP contribution in [0.25, 0.3) is 0 Å². The summed E-state index contributed by atoms with van der Waals surface area (Å²) < 4.78 is 0. The van der Waals surface area contributed by atoms with E-state index in [1.54, 1.807) is 0 Å². The van der Waals surface area contributed by atoms with Crippen molar-refractivity contribution < 1.29 is 0 Å². The van der Waals surface area contributed by atoms with Crippen LogP contribution >= 0.6 is 24.0 Å². The van der Waals surface area contributed by atoms with Crippen LogP contribution in [-0.2, 0) is 5.41 Å². The van der Waals surface area contributed by atoms with Crippen molar-refractivity contribution in [1.29, 1.82) is 0 Å². The maximum Gasteiger partial charge on any atom is 0.193 e. The Labute approximate surface area is 145 Å². The van der Waals surface area contributed by atoms with Gasteiger partial charge in [-0.2, -0.15) is 0 Å². The van der Waals surface area contributed by atoms with Crippen LogP contribution in [0.3, 0.4) is 0 Å². The number of nitrogens with zero attached hydrogens (tertiary/aromatic N) is 2. The van der Waals surface area contributed by atoms with Gasteiger partial charge in [0.2, 0.25) is 0 Å². The highest BCUT2D eigenvalue weighted by atomic mass is 127. The Morgan fingerprint density at radius 2 is 2.05 bits per heavy atom. The van der Waals surface area contributed by atoms with Crippen LogP contribution in [0.2, 0.25) is 0 Å². The summed E-state index contributed by atoms with van der Waals surface area (Å²) in [5.74, 6) is 1.07. The Hall–Kier alpha value is -0.780. The van der Waals surface area contributed by atoms with E-state index in [1.165, 1.54) is 36.8 Å². The Bertz CT molecular complexity index is 507. The van der Waals surface area contributed by atoms with Gasteiger partial charge in [-0.1, -0.05) is 42.7 Å². The first kappa shape index (κ1) is 16.6. The topological polar surface area (TPSA) is 27.6 Å². The first-order valence-electron chi connectivity index (χ1n) is 7.76. The predicted molar refractivity (Wildman–Crippen MR) is 99.7 cm³/mol. The van der Waals surface area contributed by atoms with E-state index in [2.05, 4.69) is 53.4 Å². The van der Waals surface area contributed by atoms with Gasteiger partial charge in [-0.15, -0.1) is 24.0 Å². The van der Waals surface area contributed by atoms with E-state index in [1.807, 2.05) is 0 Å². The van der Waals surface area contributed by atoms with Crippen molar-refractivity contribution in [3.8, 4) is 0 Å². The third kappa shape index (κ3) is 3.52. The Kier molecular flexibility index (Phi) is 5.52. The second-order valence-corrected chi connectivity index (χ2v) is 6.34. The lowest BCUT2D eigenvalue weighted by Crippen LogP contribution is -2.43. The van der Waals surface area contributed by atoms with Gasteiger partial charge in [-0.25, -0.2) is 0 Å². The van der Waals surface area contributed by atoms with Gasteiger partial charge >= 0.3 is 0 Å². The van der Waals surface area contributed by atoms with Crippen LogP contribution in [0.15, 0.2) is 29.3 Å². The van der Waals surface area contributed by atoms with Crippen molar-refractivity contribution in [2.24, 2.45) is 4.99 Å². The molecule has 1 N–H and O–H groups in total. The second kappa shape index (κ2) is 6.99. The minimum atomic E-state index is 0. The lowest BCUT2D eigenvalue weighted by atomic mass is 9.78. The van der Waals surface area contributed by atoms with Crippen LogP contribution < -0.4 is 5.32 Å². The molecular weight excluding hydrogens is 373 g/mol. The average molecular weight is 399 g/mol. The van der Waals surface area contributed by atoms with Crippen LogP contribution in [0.4, 0.5) is 0 Å². The molecule has 1 aliphatic heterocycles. The van der Waals surface area contributed by atoms with Crippen molar-refractivity contribution in [2.45, 2.75) is 38.0 Å². The lowest BCUT2D eigenvalue weighted by molar-refractivity contribution is 0.421. The van der Waals surface area contributed by atoms with E-state index < -0.39 is 0 Å². The summed E-state index contributed by atoms with van der Waals surface area (Å²) >= 11 is 0. The quantitative estimate of drug-likeness (QED) is 0.790. The maximum atomic E-state index is 4.55. The highest BCUT2D eigenvalue weighted by molar-refractivity contribution is 14.0. The number of aryl methyl sites for hydroxylation is 1. The maximum absolute atomic E-state index is 4.55. The summed E-state index contributed by atoms with van der Waals surface area (Å²) in [5, 5.41) is 3.61. The van der Waals surface area contributed by atoms with Gasteiger partial charge in [-0.3, -0.25) is 4.99 Å². The van der Waals surface area contributed by atoms with Crippen molar-refractivity contribution in [2.75, 3.05) is 26.7 Å². The zero-order chi connectivity index (χ0) is 14.0. The monoisotopic (exact) mass is 399 g/mol. The number of rotatable bonds is 3. The number of benzene rings is 1. The number of hydrogen-bond donors (Lipinski definition) is 1. The summed E-state index contributed by atoms with van der Waals surface area (Å²) in [4.78, 5) is 6.77. The van der Waals surface area contributed by atoms with E-state index in [0.29, 0.717) is 5.41 Å². The van der Waals surface area contributed by atoms with Crippen LogP contribution in [-0.4, -0.2) is 37.5 Å². The standard InChI is InChI=1S/C17H25N3.HI/c1-14-6-5-7-15(12-14)17(8-3-4-9-17)13-19-16-18-10-11-20(16)2;/h5-7,12H,3-4,8-11,13H2,1-2H3,(H,18,19);1H. The lowest BCUT2D eigenvalue weighted by Gasteiger charge is -2.31. The van der Waals surface area contributed by atoms with E-state index in [-0.39, 0.29) is 24.0 Å². The van der Waals surface area contributed by atoms with Gasteiger partial charge < -0.3 is 10.2 Å². The molecule has 116 valence electrons. The van der Waals surface area contributed by atoms with Crippen molar-refractivity contribution in [1.82, 2.24) is 10.2 Å². The summed E-state index contributed by atoms with van der Waals surface area (Å²) in [6, 6.07) is 9.06. The molecule has 0 aromatic heterocycles. The highest BCUT2D eigenvalue weighted by Crippen LogP contribution is 2.40. The molecule has 0 spiro atoms. The molecule has 3 nitrogen and oxygen atoms in total. The average Bonchev–Trinajstić information content (AvgIpc) is 3.06. The van der Waals surface area contributed by atoms with Gasteiger partial charge in [0.1, 0.15) is 0 Å². The summed E-state index contributed by atoms with van der Waals surface area (Å²) in [6.07, 6.45) is 5.27. The van der Waals surface area contributed by atoms with E-state index in [4.69, 9.17) is 0 Å². The smallest absolute Gasteiger partial charge is 0.193 e. The molecule has 0 atom stereocenters. The van der Waals surface area contributed by atoms with Crippen LogP contribution in [0, 0.1) is 6.92 Å². The molecule has 0 amide bonds. The molecule has 3 rings (SSSR count). The summed E-state index contributed by atoms with van der Waals surface area (Å²) in [6.45, 7) is 5.17. The van der Waals surface area contributed by atoms with Crippen LogP contribution in [0.1, 0.15) is 36.8 Å². The Morgan fingerprint density at radius 3 is 2.67 bits per heavy atom. The van der Waals surface area contributed by atoms with Gasteiger partial charge in [0.05, 0.1) is 6.54 Å². The summed E-state index contributed by atoms with van der Waals surface area (Å²) in [5.41, 5.74) is 3.17. The normalized spacial score (nSPS) is 20.1. The first-order valence-corrected chi connectivity index (χ1v) is 7.76. The molecule has 21 heavy (non-hydrogen) atoms. The molecule has 1 aromatic rings. The first-order chi connectivity index (χ1) is 9.70. The molecule has 0 unspecified atom stereocenters. The molecular formula is C17H26IN3. The van der Waals surface area contributed by atoms with Gasteiger partial charge in [0.25, 0.3) is 0 Å². The molecule has 1 saturated carbocycles. The number of nitrogens with one attached hydrogen (secondary N) is 1. The van der Waals surface area contributed by atoms with Gasteiger partial charge in [-0.05, 0) is 25.3 Å². The van der Waals surface area contributed by atoms with Crippen molar-refractivity contribution in [3.05, 3.63) is 35.4 Å². The second-order valence-electron chi connectivity index (χ2n) is 6.34. The molecule has 1 aromatic carbocycles. The molecule has 1 fully saturated rings. The van der Waals surface area contributed by atoms with E-state index in [0.717, 1.165) is 25.6 Å². The third-order valence-corrected chi connectivity index (χ3v) is 4.83. The number of halogens is 1. The fourth-order valence-corrected chi connectivity index (χ4v) is 3.57. The fraction of sp³-hybridized carbons (Fsp3) is 0.588. The number of guanidine groups is 1. The third-order valence-electron chi connectivity index (χ3n) is 4.83. The van der Waals surface area contributed by atoms with E-state index in [9.17, 15) is 0 Å². The molecule has 0 bridgehead atoms. The molecule has 0 radical (unpaired) electrons. The van der Waals surface area contributed by atoms with E-state index >= 15 is 0 Å². The van der Waals surface area contributed by atoms with Crippen LogP contribution in [0.5, 0.6) is 0 Å². The number of aliphatic imine (C=N–C) groups is 1. The van der Waals surface area contributed by atoms with Gasteiger partial charge in [0.15, 0.2) is 5.96 Å².